The molecule has 0 aromatic rings. The van der Waals surface area contributed by atoms with Crippen LogP contribution in [0.15, 0.2) is 24.3 Å². The van der Waals surface area contributed by atoms with Crippen LogP contribution in [-0.4, -0.2) is 49.6 Å². The summed E-state index contributed by atoms with van der Waals surface area (Å²) in [6, 6.07) is 0. The molecule has 6 heteroatoms. The second-order valence-corrected chi connectivity index (χ2v) is 9.37. The van der Waals surface area contributed by atoms with Crippen molar-refractivity contribution >= 4 is 11.9 Å². The fourth-order valence-corrected chi connectivity index (χ4v) is 5.23. The number of rotatable bonds is 14. The Morgan fingerprint density at radius 2 is 1.03 bits per heavy atom. The van der Waals surface area contributed by atoms with Gasteiger partial charge in [-0.3, -0.25) is 0 Å². The Balaban J connectivity index is 1.82. The van der Waals surface area contributed by atoms with Crippen LogP contribution in [0.1, 0.15) is 97.3 Å². The second kappa shape index (κ2) is 15.3. The first kappa shape index (κ1) is 27.6. The standard InChI is InChI=1S/C27H44O6/c1-3-12-24(28)30-20-22-32-26(14-7-5-8-15-26)18-11-19-27(16-9-6-10-17-27)33-23-21-31-25(29)13-4-2/h3-4,12-13H,5-11,14-23H2,1-2H3. The van der Waals surface area contributed by atoms with Gasteiger partial charge in [-0.05, 0) is 58.8 Å². The molecule has 2 rings (SSSR count). The van der Waals surface area contributed by atoms with E-state index in [1.54, 1.807) is 26.0 Å². The first-order valence-electron chi connectivity index (χ1n) is 12.9. The summed E-state index contributed by atoms with van der Waals surface area (Å²) in [6.07, 6.45) is 20.9. The summed E-state index contributed by atoms with van der Waals surface area (Å²) in [7, 11) is 0. The van der Waals surface area contributed by atoms with Crippen LogP contribution >= 0.6 is 0 Å². The van der Waals surface area contributed by atoms with Gasteiger partial charge in [0.05, 0.1) is 24.4 Å². The zero-order valence-corrected chi connectivity index (χ0v) is 20.8. The molecule has 0 bridgehead atoms. The number of carbonyl (C=O) groups is 2. The smallest absolute Gasteiger partial charge is 0.330 e. The Labute approximate surface area is 200 Å². The van der Waals surface area contributed by atoms with Crippen LogP contribution in [0.4, 0.5) is 0 Å². The molecule has 0 aromatic carbocycles. The number of hydrogen-bond acceptors (Lipinski definition) is 6. The number of allylic oxidation sites excluding steroid dienone is 2. The van der Waals surface area contributed by atoms with Crippen molar-refractivity contribution in [2.75, 3.05) is 26.4 Å². The average molecular weight is 465 g/mol. The van der Waals surface area contributed by atoms with Crippen LogP contribution in [0.5, 0.6) is 0 Å². The molecule has 0 aliphatic heterocycles. The van der Waals surface area contributed by atoms with Gasteiger partial charge in [0.1, 0.15) is 13.2 Å². The molecule has 0 saturated heterocycles. The molecule has 6 nitrogen and oxygen atoms in total. The molecule has 2 saturated carbocycles. The molecule has 2 fully saturated rings. The summed E-state index contributed by atoms with van der Waals surface area (Å²) >= 11 is 0. The third-order valence-corrected chi connectivity index (χ3v) is 6.87. The molecule has 188 valence electrons. The highest BCUT2D eigenvalue weighted by Crippen LogP contribution is 2.40. The highest BCUT2D eigenvalue weighted by molar-refractivity contribution is 5.82. The predicted octanol–water partition coefficient (Wildman–Crippen LogP) is 5.83. The molecule has 0 atom stereocenters. The number of carbonyl (C=O) groups excluding carboxylic acids is 2. The summed E-state index contributed by atoms with van der Waals surface area (Å²) in [5, 5.41) is 0. The molecule has 0 unspecified atom stereocenters. The molecule has 2 aliphatic carbocycles. The lowest BCUT2D eigenvalue weighted by atomic mass is 9.77. The van der Waals surface area contributed by atoms with E-state index in [-0.39, 0.29) is 23.1 Å². The molecule has 2 aliphatic rings. The second-order valence-electron chi connectivity index (χ2n) is 9.37. The van der Waals surface area contributed by atoms with Crippen LogP contribution in [0.2, 0.25) is 0 Å². The van der Waals surface area contributed by atoms with E-state index >= 15 is 0 Å². The van der Waals surface area contributed by atoms with Crippen molar-refractivity contribution in [3.8, 4) is 0 Å². The molecular formula is C27H44O6. The van der Waals surface area contributed by atoms with Gasteiger partial charge in [0.15, 0.2) is 0 Å². The van der Waals surface area contributed by atoms with Crippen molar-refractivity contribution < 1.29 is 28.5 Å². The van der Waals surface area contributed by atoms with Gasteiger partial charge >= 0.3 is 11.9 Å². The topological polar surface area (TPSA) is 71.1 Å². The van der Waals surface area contributed by atoms with Crippen molar-refractivity contribution in [2.24, 2.45) is 0 Å². The Bertz CT molecular complexity index is 573. The quantitative estimate of drug-likeness (QED) is 0.183. The maximum atomic E-state index is 11.5. The van der Waals surface area contributed by atoms with E-state index in [1.807, 2.05) is 0 Å². The van der Waals surface area contributed by atoms with E-state index in [0.717, 1.165) is 44.9 Å². The van der Waals surface area contributed by atoms with Crippen molar-refractivity contribution in [3.63, 3.8) is 0 Å². The highest BCUT2D eigenvalue weighted by atomic mass is 16.6. The molecule has 0 amide bonds. The lowest BCUT2D eigenvalue weighted by Gasteiger charge is -2.40. The van der Waals surface area contributed by atoms with E-state index in [9.17, 15) is 9.59 Å². The van der Waals surface area contributed by atoms with Crippen LogP contribution in [0.25, 0.3) is 0 Å². The Kier molecular flexibility index (Phi) is 12.8. The summed E-state index contributed by atoms with van der Waals surface area (Å²) in [6.45, 7) is 5.08. The van der Waals surface area contributed by atoms with Gasteiger partial charge in [0.25, 0.3) is 0 Å². The SMILES string of the molecule is CC=CC(=O)OCCOC1(CCCC2(OCCOC(=O)C=CC)CCCCC2)CCCCC1. The molecule has 33 heavy (non-hydrogen) atoms. The fourth-order valence-electron chi connectivity index (χ4n) is 5.23. The average Bonchev–Trinajstić information content (AvgIpc) is 2.81. The molecule has 0 heterocycles. The van der Waals surface area contributed by atoms with Gasteiger partial charge in [-0.2, -0.15) is 0 Å². The number of esters is 2. The first-order valence-corrected chi connectivity index (χ1v) is 12.9. The van der Waals surface area contributed by atoms with Gasteiger partial charge in [0, 0.05) is 12.2 Å². The largest absolute Gasteiger partial charge is 0.460 e. The molecule has 0 N–H and O–H groups in total. The van der Waals surface area contributed by atoms with Crippen molar-refractivity contribution in [3.05, 3.63) is 24.3 Å². The van der Waals surface area contributed by atoms with Crippen LogP contribution in [0.3, 0.4) is 0 Å². The van der Waals surface area contributed by atoms with Crippen LogP contribution < -0.4 is 0 Å². The highest BCUT2D eigenvalue weighted by Gasteiger charge is 2.36. The molecule has 0 radical (unpaired) electrons. The van der Waals surface area contributed by atoms with Gasteiger partial charge < -0.3 is 18.9 Å². The third-order valence-electron chi connectivity index (χ3n) is 6.87. The summed E-state index contributed by atoms with van der Waals surface area (Å²) in [5.74, 6) is -0.627. The van der Waals surface area contributed by atoms with Gasteiger partial charge in [-0.25, -0.2) is 9.59 Å². The zero-order chi connectivity index (χ0) is 23.8. The lowest BCUT2D eigenvalue weighted by Crippen LogP contribution is -2.39. The zero-order valence-electron chi connectivity index (χ0n) is 20.8. The first-order chi connectivity index (χ1) is 16.0. The molecular weight excluding hydrogens is 420 g/mol. The Hall–Kier alpha value is -1.66. The normalized spacial score (nSPS) is 20.2. The predicted molar refractivity (Wildman–Crippen MR) is 129 cm³/mol. The number of hydrogen-bond donors (Lipinski definition) is 0. The third kappa shape index (κ3) is 10.4. The summed E-state index contributed by atoms with van der Waals surface area (Å²) < 4.78 is 23.1. The van der Waals surface area contributed by atoms with E-state index in [2.05, 4.69) is 0 Å². The lowest BCUT2D eigenvalue weighted by molar-refractivity contribution is -0.145. The van der Waals surface area contributed by atoms with E-state index in [0.29, 0.717) is 26.4 Å². The monoisotopic (exact) mass is 464 g/mol. The van der Waals surface area contributed by atoms with Crippen LogP contribution in [0, 0.1) is 0 Å². The maximum absolute atomic E-state index is 11.5. The minimum Gasteiger partial charge on any atom is -0.460 e. The van der Waals surface area contributed by atoms with E-state index in [4.69, 9.17) is 18.9 Å². The van der Waals surface area contributed by atoms with Crippen molar-refractivity contribution in [2.45, 2.75) is 109 Å². The molecule has 0 spiro atoms. The van der Waals surface area contributed by atoms with Gasteiger partial charge in [0.2, 0.25) is 0 Å². The maximum Gasteiger partial charge on any atom is 0.330 e. The Morgan fingerprint density at radius 3 is 1.39 bits per heavy atom. The van der Waals surface area contributed by atoms with Gasteiger partial charge in [-0.15, -0.1) is 0 Å². The van der Waals surface area contributed by atoms with E-state index in [1.165, 1.54) is 50.7 Å². The molecule has 0 aromatic heterocycles. The fraction of sp³-hybridized carbons (Fsp3) is 0.778. The minimum atomic E-state index is -0.313. The summed E-state index contributed by atoms with van der Waals surface area (Å²) in [5.41, 5.74) is -0.216. The van der Waals surface area contributed by atoms with Gasteiger partial charge in [-0.1, -0.05) is 50.7 Å². The van der Waals surface area contributed by atoms with Crippen LogP contribution in [-0.2, 0) is 28.5 Å². The number of ether oxygens (including phenoxy) is 4. The van der Waals surface area contributed by atoms with Crippen molar-refractivity contribution in [1.29, 1.82) is 0 Å². The minimum absolute atomic E-state index is 0.108. The Morgan fingerprint density at radius 1 is 0.636 bits per heavy atom. The van der Waals surface area contributed by atoms with Crippen molar-refractivity contribution in [1.82, 2.24) is 0 Å². The van der Waals surface area contributed by atoms with E-state index < -0.39 is 0 Å². The summed E-state index contributed by atoms with van der Waals surface area (Å²) in [4.78, 5) is 23.1.